The van der Waals surface area contributed by atoms with E-state index >= 15 is 0 Å². The topological polar surface area (TPSA) is 76.2 Å². The van der Waals surface area contributed by atoms with Crippen LogP contribution in [0.15, 0.2) is 164 Å². The fourth-order valence-electron chi connectivity index (χ4n) is 9.15. The molecule has 0 radical (unpaired) electrons. The molecule has 0 saturated carbocycles. The Kier molecular flexibility index (Phi) is 5.92. The molecule has 1 atom stereocenters. The fraction of sp³-hybridized carbons (Fsp3) is 0.0208. The fourth-order valence-corrected chi connectivity index (χ4v) is 9.15. The molecule has 2 aliphatic heterocycles. The molecule has 1 unspecified atom stereocenters. The second kappa shape index (κ2) is 10.9. The van der Waals surface area contributed by atoms with Crippen molar-refractivity contribution in [3.8, 4) is 46.1 Å². The monoisotopic (exact) mass is 705 g/mol. The van der Waals surface area contributed by atoms with E-state index in [2.05, 4.69) is 94.4 Å². The predicted octanol–water partition coefficient (Wildman–Crippen LogP) is 11.5. The Morgan fingerprint density at radius 3 is 2.02 bits per heavy atom. The summed E-state index contributed by atoms with van der Waals surface area (Å²) in [6.07, 6.45) is 3.79. The molecule has 3 aromatic heterocycles. The molecule has 0 bridgehead atoms. The Bertz CT molecular complexity index is 3110. The van der Waals surface area contributed by atoms with Crippen molar-refractivity contribution in [3.63, 3.8) is 0 Å². The molecule has 55 heavy (non-hydrogen) atoms. The van der Waals surface area contributed by atoms with Crippen LogP contribution in [0.1, 0.15) is 27.8 Å². The standard InChI is InChI=1S/C48H27N5O2/c49-27-29-19-22-39-33(24-29)32-10-1-3-13-38(32)53(39)31-25-37-47(51-28-31)46-36(12-9-23-50-46)48(37)34-11-2-6-16-42(34)54-45-26-30(20-21-35(45)48)52-40-14-4-7-17-43(40)55-44-18-8-5-15-41(44)52/h1-26,28H. The third-order valence-corrected chi connectivity index (χ3v) is 11.3. The highest BCUT2D eigenvalue weighted by molar-refractivity contribution is 6.09. The van der Waals surface area contributed by atoms with Crippen LogP contribution in [0.25, 0.3) is 38.9 Å². The van der Waals surface area contributed by atoms with Crippen LogP contribution in [0.5, 0.6) is 23.0 Å². The number of hydrogen-bond donors (Lipinski definition) is 0. The molecule has 7 nitrogen and oxygen atoms in total. The molecule has 7 heteroatoms. The van der Waals surface area contributed by atoms with Gasteiger partial charge in [0, 0.05) is 39.7 Å². The van der Waals surface area contributed by atoms with Crippen LogP contribution in [-0.4, -0.2) is 14.5 Å². The Morgan fingerprint density at radius 2 is 1.18 bits per heavy atom. The lowest BCUT2D eigenvalue weighted by Gasteiger charge is -2.40. The lowest BCUT2D eigenvalue weighted by Crippen LogP contribution is -2.32. The molecule has 0 fully saturated rings. The Balaban J connectivity index is 1.13. The van der Waals surface area contributed by atoms with Crippen molar-refractivity contribution in [1.82, 2.24) is 14.5 Å². The molecule has 6 aromatic carbocycles. The molecule has 1 aliphatic carbocycles. The SMILES string of the molecule is N#Cc1ccc2c(c1)c1ccccc1n2-c1cnc2c(c1)C1(c3ccccc3Oc3cc(N4c5ccccc5Oc5ccccc54)ccc31)c1cccnc1-2. The second-order valence-electron chi connectivity index (χ2n) is 14.1. The van der Waals surface area contributed by atoms with Crippen LogP contribution in [0.2, 0.25) is 0 Å². The smallest absolute Gasteiger partial charge is 0.151 e. The first-order valence-electron chi connectivity index (χ1n) is 18.2. The molecule has 0 amide bonds. The maximum Gasteiger partial charge on any atom is 0.151 e. The molecule has 12 rings (SSSR count). The number of nitriles is 1. The largest absolute Gasteiger partial charge is 0.457 e. The predicted molar refractivity (Wildman–Crippen MR) is 213 cm³/mol. The quantitative estimate of drug-likeness (QED) is 0.178. The first kappa shape index (κ1) is 29.8. The molecule has 256 valence electrons. The average Bonchev–Trinajstić information content (AvgIpc) is 3.72. The summed E-state index contributed by atoms with van der Waals surface area (Å²) in [7, 11) is 0. The lowest BCUT2D eigenvalue weighted by atomic mass is 9.66. The number of anilines is 3. The number of rotatable bonds is 2. The van der Waals surface area contributed by atoms with E-state index in [0.29, 0.717) is 5.56 Å². The molecular weight excluding hydrogens is 679 g/mol. The van der Waals surface area contributed by atoms with Crippen molar-refractivity contribution in [2.24, 2.45) is 0 Å². The third kappa shape index (κ3) is 3.92. The summed E-state index contributed by atoms with van der Waals surface area (Å²) < 4.78 is 15.5. The minimum absolute atomic E-state index is 0.627. The number of fused-ring (bicyclic) bond motifs is 14. The van der Waals surface area contributed by atoms with Crippen molar-refractivity contribution < 1.29 is 9.47 Å². The third-order valence-electron chi connectivity index (χ3n) is 11.3. The summed E-state index contributed by atoms with van der Waals surface area (Å²) in [5.41, 5.74) is 11.5. The molecule has 5 heterocycles. The van der Waals surface area contributed by atoms with E-state index in [1.165, 1.54) is 0 Å². The normalized spacial score (nSPS) is 15.6. The van der Waals surface area contributed by atoms with Gasteiger partial charge in [0.1, 0.15) is 11.5 Å². The minimum Gasteiger partial charge on any atom is -0.457 e. The van der Waals surface area contributed by atoms with Crippen molar-refractivity contribution in [2.45, 2.75) is 5.41 Å². The van der Waals surface area contributed by atoms with Gasteiger partial charge >= 0.3 is 0 Å². The Labute approximate surface area is 315 Å². The van der Waals surface area contributed by atoms with E-state index in [1.807, 2.05) is 85.2 Å². The highest BCUT2D eigenvalue weighted by Gasteiger charge is 2.52. The van der Waals surface area contributed by atoms with Crippen LogP contribution < -0.4 is 14.4 Å². The number of nitrogens with zero attached hydrogens (tertiary/aromatic N) is 5. The summed E-state index contributed by atoms with van der Waals surface area (Å²) >= 11 is 0. The van der Waals surface area contributed by atoms with E-state index in [4.69, 9.17) is 19.4 Å². The van der Waals surface area contributed by atoms with E-state index in [1.54, 1.807) is 0 Å². The van der Waals surface area contributed by atoms with Gasteiger partial charge in [0.15, 0.2) is 11.5 Å². The van der Waals surface area contributed by atoms with Crippen LogP contribution in [0.3, 0.4) is 0 Å². The number of pyridine rings is 2. The van der Waals surface area contributed by atoms with Gasteiger partial charge in [-0.2, -0.15) is 5.26 Å². The molecule has 1 spiro atoms. The van der Waals surface area contributed by atoms with Crippen LogP contribution in [0.4, 0.5) is 17.1 Å². The molecule has 0 N–H and O–H groups in total. The molecule has 0 saturated heterocycles. The summed E-state index contributed by atoms with van der Waals surface area (Å²) in [5, 5.41) is 11.9. The zero-order valence-electron chi connectivity index (χ0n) is 29.1. The summed E-state index contributed by atoms with van der Waals surface area (Å²) in [5.74, 6) is 3.12. The van der Waals surface area contributed by atoms with Crippen LogP contribution in [-0.2, 0) is 5.41 Å². The van der Waals surface area contributed by atoms with Gasteiger partial charge in [0.25, 0.3) is 0 Å². The van der Waals surface area contributed by atoms with Gasteiger partial charge in [-0.05, 0) is 78.4 Å². The molecule has 9 aromatic rings. The van der Waals surface area contributed by atoms with Crippen LogP contribution >= 0.6 is 0 Å². The number of para-hydroxylation sites is 6. The maximum atomic E-state index is 9.77. The first-order chi connectivity index (χ1) is 27.2. The Hall–Kier alpha value is -7.69. The Morgan fingerprint density at radius 1 is 0.509 bits per heavy atom. The number of ether oxygens (including phenoxy) is 2. The summed E-state index contributed by atoms with van der Waals surface area (Å²) in [4.78, 5) is 12.5. The molecule has 3 aliphatic rings. The van der Waals surface area contributed by atoms with Gasteiger partial charge in [-0.25, -0.2) is 0 Å². The van der Waals surface area contributed by atoms with Gasteiger partial charge in [-0.3, -0.25) is 9.97 Å². The van der Waals surface area contributed by atoms with Gasteiger partial charge in [0.2, 0.25) is 0 Å². The first-order valence-corrected chi connectivity index (χ1v) is 18.2. The number of aromatic nitrogens is 3. The summed E-state index contributed by atoms with van der Waals surface area (Å²) in [6, 6.07) is 54.1. The highest BCUT2D eigenvalue weighted by Crippen LogP contribution is 2.62. The van der Waals surface area contributed by atoms with Gasteiger partial charge in [-0.15, -0.1) is 0 Å². The zero-order chi connectivity index (χ0) is 36.3. The zero-order valence-corrected chi connectivity index (χ0v) is 29.1. The van der Waals surface area contributed by atoms with Gasteiger partial charge in [0.05, 0.1) is 68.4 Å². The molecular formula is C48H27N5O2. The van der Waals surface area contributed by atoms with E-state index < -0.39 is 5.41 Å². The second-order valence-corrected chi connectivity index (χ2v) is 14.1. The van der Waals surface area contributed by atoms with Crippen molar-refractivity contribution in [1.29, 1.82) is 5.26 Å². The van der Waals surface area contributed by atoms with Crippen molar-refractivity contribution >= 4 is 38.9 Å². The van der Waals surface area contributed by atoms with Gasteiger partial charge < -0.3 is 18.9 Å². The van der Waals surface area contributed by atoms with Crippen molar-refractivity contribution in [2.75, 3.05) is 4.90 Å². The summed E-state index contributed by atoms with van der Waals surface area (Å²) in [6.45, 7) is 0. The number of benzene rings is 6. The van der Waals surface area contributed by atoms with Gasteiger partial charge in [-0.1, -0.05) is 72.8 Å². The average molecular weight is 706 g/mol. The highest BCUT2D eigenvalue weighted by atomic mass is 16.5. The van der Waals surface area contributed by atoms with Crippen LogP contribution in [0, 0.1) is 11.3 Å². The lowest BCUT2D eigenvalue weighted by molar-refractivity contribution is 0.436. The minimum atomic E-state index is -0.780. The van der Waals surface area contributed by atoms with E-state index in [-0.39, 0.29) is 0 Å². The van der Waals surface area contributed by atoms with Crippen molar-refractivity contribution in [3.05, 3.63) is 192 Å². The van der Waals surface area contributed by atoms with E-state index in [9.17, 15) is 5.26 Å². The maximum absolute atomic E-state index is 9.77. The van der Waals surface area contributed by atoms with E-state index in [0.717, 1.165) is 101 Å². The number of hydrogen-bond acceptors (Lipinski definition) is 6.